The van der Waals surface area contributed by atoms with Crippen LogP contribution in [0, 0.1) is 10.8 Å². The molecule has 8 heteroatoms. The molecule has 0 spiro atoms. The third-order valence-corrected chi connectivity index (χ3v) is 9.83. The van der Waals surface area contributed by atoms with Gasteiger partial charge in [0.2, 0.25) is 11.8 Å². The summed E-state index contributed by atoms with van der Waals surface area (Å²) in [7, 11) is 0. The lowest BCUT2D eigenvalue weighted by Crippen LogP contribution is -2.71. The standard InChI is InChI=1S/C25H28BrFN4O2/c26-17-9-18(11-28-10-17)31(21(32)24-12-25(27,13-24)14-24)15-22-3-6-23(7-4-22,8-5-22)20-29-19(30-33-20)16-1-2-16/h9-11,16H,1-8,12-15H2. The molecule has 4 bridgehead atoms. The lowest BCUT2D eigenvalue weighted by Gasteiger charge is -2.65. The number of halogens is 2. The van der Waals surface area contributed by atoms with Crippen LogP contribution in [-0.2, 0) is 10.2 Å². The fourth-order valence-electron chi connectivity index (χ4n) is 7.12. The number of anilines is 1. The molecule has 7 aliphatic carbocycles. The molecule has 7 saturated carbocycles. The molecule has 2 heterocycles. The van der Waals surface area contributed by atoms with Crippen molar-refractivity contribution in [3.63, 3.8) is 0 Å². The zero-order valence-electron chi connectivity index (χ0n) is 18.7. The summed E-state index contributed by atoms with van der Waals surface area (Å²) in [6.07, 6.45) is 13.2. The zero-order valence-corrected chi connectivity index (χ0v) is 20.2. The number of carbonyl (C=O) groups excluding carboxylic acids is 1. The van der Waals surface area contributed by atoms with Gasteiger partial charge in [-0.3, -0.25) is 9.78 Å². The van der Waals surface area contributed by atoms with E-state index in [0.717, 1.165) is 60.4 Å². The van der Waals surface area contributed by atoms with Crippen molar-refractivity contribution in [3.8, 4) is 0 Å². The number of hydrogen-bond donors (Lipinski definition) is 0. The summed E-state index contributed by atoms with van der Waals surface area (Å²) in [6, 6.07) is 1.96. The van der Waals surface area contributed by atoms with Crippen molar-refractivity contribution in [2.24, 2.45) is 10.8 Å². The second kappa shape index (κ2) is 6.64. The Balaban J connectivity index is 1.13. The van der Waals surface area contributed by atoms with Crippen LogP contribution in [0.1, 0.15) is 88.3 Å². The molecule has 0 unspecified atom stereocenters. The number of pyridine rings is 1. The number of carbonyl (C=O) groups is 1. The van der Waals surface area contributed by atoms with Crippen molar-refractivity contribution in [2.45, 2.75) is 87.6 Å². The second-order valence-corrected chi connectivity index (χ2v) is 12.6. The lowest BCUT2D eigenvalue weighted by molar-refractivity contribution is -0.211. The highest BCUT2D eigenvalue weighted by Crippen LogP contribution is 2.70. The Morgan fingerprint density at radius 3 is 2.42 bits per heavy atom. The molecule has 33 heavy (non-hydrogen) atoms. The molecule has 1 amide bonds. The summed E-state index contributed by atoms with van der Waals surface area (Å²) in [5.74, 6) is 2.32. The van der Waals surface area contributed by atoms with Crippen molar-refractivity contribution in [1.29, 1.82) is 0 Å². The van der Waals surface area contributed by atoms with E-state index in [1.54, 1.807) is 12.4 Å². The summed E-state index contributed by atoms with van der Waals surface area (Å²) in [5.41, 5.74) is -0.689. The molecule has 9 rings (SSSR count). The number of alkyl halides is 1. The molecule has 7 aliphatic rings. The van der Waals surface area contributed by atoms with Gasteiger partial charge < -0.3 is 9.42 Å². The van der Waals surface area contributed by atoms with Crippen LogP contribution in [0.5, 0.6) is 0 Å². The molecule has 2 aromatic heterocycles. The van der Waals surface area contributed by atoms with Gasteiger partial charge in [0.15, 0.2) is 5.82 Å². The van der Waals surface area contributed by atoms with Crippen LogP contribution in [0.2, 0.25) is 0 Å². The smallest absolute Gasteiger partial charge is 0.233 e. The Hall–Kier alpha value is -1.83. The van der Waals surface area contributed by atoms with E-state index in [9.17, 15) is 9.18 Å². The molecule has 174 valence electrons. The number of aromatic nitrogens is 3. The van der Waals surface area contributed by atoms with Gasteiger partial charge in [0.25, 0.3) is 0 Å². The minimum atomic E-state index is -1.09. The van der Waals surface area contributed by atoms with Gasteiger partial charge in [0.1, 0.15) is 5.67 Å². The van der Waals surface area contributed by atoms with Gasteiger partial charge in [-0.1, -0.05) is 5.16 Å². The van der Waals surface area contributed by atoms with Crippen LogP contribution in [-0.4, -0.2) is 33.2 Å². The van der Waals surface area contributed by atoms with Crippen molar-refractivity contribution < 1.29 is 13.7 Å². The quantitative estimate of drug-likeness (QED) is 0.499. The minimum absolute atomic E-state index is 0.00250. The van der Waals surface area contributed by atoms with E-state index < -0.39 is 11.1 Å². The summed E-state index contributed by atoms with van der Waals surface area (Å²) in [4.78, 5) is 24.8. The largest absolute Gasteiger partial charge is 0.339 e. The molecule has 7 fully saturated rings. The summed E-state index contributed by atoms with van der Waals surface area (Å²) >= 11 is 3.51. The topological polar surface area (TPSA) is 72.1 Å². The molecular weight excluding hydrogens is 487 g/mol. The third kappa shape index (κ3) is 3.08. The van der Waals surface area contributed by atoms with Gasteiger partial charge in [-0.2, -0.15) is 4.98 Å². The SMILES string of the molecule is O=C(N(CC12CCC(c3nc(C4CC4)no3)(CC1)CC2)c1cncc(Br)c1)C12CC(F)(C1)C2. The minimum Gasteiger partial charge on any atom is -0.339 e. The normalized spacial score (nSPS) is 38.5. The summed E-state index contributed by atoms with van der Waals surface area (Å²) < 4.78 is 20.9. The first-order valence-electron chi connectivity index (χ1n) is 12.3. The first kappa shape index (κ1) is 20.5. The van der Waals surface area contributed by atoms with Gasteiger partial charge >= 0.3 is 0 Å². The molecule has 0 aliphatic heterocycles. The lowest BCUT2D eigenvalue weighted by atomic mass is 9.41. The maximum atomic E-state index is 14.3. The highest BCUT2D eigenvalue weighted by Gasteiger charge is 2.73. The van der Waals surface area contributed by atoms with Crippen LogP contribution in [0.4, 0.5) is 10.1 Å². The van der Waals surface area contributed by atoms with Gasteiger partial charge in [0.05, 0.1) is 17.3 Å². The highest BCUT2D eigenvalue weighted by molar-refractivity contribution is 9.10. The average molecular weight is 515 g/mol. The van der Waals surface area contributed by atoms with Crippen LogP contribution in [0.25, 0.3) is 0 Å². The molecule has 0 saturated heterocycles. The van der Waals surface area contributed by atoms with Gasteiger partial charge in [-0.05, 0) is 98.0 Å². The highest BCUT2D eigenvalue weighted by atomic mass is 79.9. The average Bonchev–Trinajstić information content (AvgIpc) is 3.51. The van der Waals surface area contributed by atoms with Crippen LogP contribution >= 0.6 is 15.9 Å². The van der Waals surface area contributed by atoms with E-state index in [2.05, 4.69) is 26.1 Å². The van der Waals surface area contributed by atoms with Crippen molar-refractivity contribution >= 4 is 27.5 Å². The fourth-order valence-corrected chi connectivity index (χ4v) is 7.47. The Kier molecular flexibility index (Phi) is 4.13. The number of rotatable bonds is 6. The van der Waals surface area contributed by atoms with E-state index in [0.29, 0.717) is 31.7 Å². The van der Waals surface area contributed by atoms with E-state index in [1.165, 1.54) is 12.8 Å². The molecule has 0 atom stereocenters. The summed E-state index contributed by atoms with van der Waals surface area (Å²) in [5, 5.41) is 4.27. The Labute approximate surface area is 200 Å². The van der Waals surface area contributed by atoms with Gasteiger partial charge in [0, 0.05) is 28.5 Å². The predicted molar refractivity (Wildman–Crippen MR) is 122 cm³/mol. The first-order valence-corrected chi connectivity index (χ1v) is 13.1. The molecule has 2 aromatic rings. The Morgan fingerprint density at radius 1 is 1.12 bits per heavy atom. The number of nitrogens with zero attached hydrogens (tertiary/aromatic N) is 4. The van der Waals surface area contributed by atoms with E-state index in [4.69, 9.17) is 9.51 Å². The third-order valence-electron chi connectivity index (χ3n) is 9.40. The van der Waals surface area contributed by atoms with Crippen LogP contribution < -0.4 is 4.90 Å². The monoisotopic (exact) mass is 514 g/mol. The van der Waals surface area contributed by atoms with Gasteiger partial charge in [-0.15, -0.1) is 0 Å². The molecule has 0 N–H and O–H groups in total. The van der Waals surface area contributed by atoms with Crippen LogP contribution in [0.15, 0.2) is 27.5 Å². The maximum absolute atomic E-state index is 14.3. The van der Waals surface area contributed by atoms with E-state index in [-0.39, 0.29) is 16.7 Å². The second-order valence-electron chi connectivity index (χ2n) is 11.7. The fraction of sp³-hybridized carbons (Fsp3) is 0.680. The molecule has 0 aromatic carbocycles. The molecule has 6 nitrogen and oxygen atoms in total. The van der Waals surface area contributed by atoms with Crippen molar-refractivity contribution in [2.75, 3.05) is 11.4 Å². The Bertz CT molecular complexity index is 1100. The summed E-state index contributed by atoms with van der Waals surface area (Å²) in [6.45, 7) is 0.679. The van der Waals surface area contributed by atoms with Gasteiger partial charge in [-0.25, -0.2) is 4.39 Å². The first-order chi connectivity index (χ1) is 15.8. The zero-order chi connectivity index (χ0) is 22.5. The van der Waals surface area contributed by atoms with E-state index >= 15 is 0 Å². The van der Waals surface area contributed by atoms with Crippen LogP contribution in [0.3, 0.4) is 0 Å². The Morgan fingerprint density at radius 2 is 1.82 bits per heavy atom. The number of hydrogen-bond acceptors (Lipinski definition) is 5. The molecular formula is C25H28BrFN4O2. The number of amides is 1. The van der Waals surface area contributed by atoms with E-state index in [1.807, 2.05) is 11.0 Å². The molecule has 0 radical (unpaired) electrons. The number of fused-ring (bicyclic) bond motifs is 3. The van der Waals surface area contributed by atoms with Crippen molar-refractivity contribution in [3.05, 3.63) is 34.6 Å². The predicted octanol–water partition coefficient (Wildman–Crippen LogP) is 5.62. The van der Waals surface area contributed by atoms with Crippen molar-refractivity contribution in [1.82, 2.24) is 15.1 Å². The maximum Gasteiger partial charge on any atom is 0.233 e.